The summed E-state index contributed by atoms with van der Waals surface area (Å²) in [5.41, 5.74) is 2.29. The Morgan fingerprint density at radius 1 is 1.38 bits per heavy atom. The van der Waals surface area contributed by atoms with Crippen molar-refractivity contribution < 1.29 is 9.53 Å². The van der Waals surface area contributed by atoms with Gasteiger partial charge < -0.3 is 15.4 Å². The van der Waals surface area contributed by atoms with Crippen molar-refractivity contribution in [2.45, 2.75) is 52.6 Å². The Labute approximate surface area is 152 Å². The topological polar surface area (TPSA) is 50.4 Å². The van der Waals surface area contributed by atoms with Gasteiger partial charge >= 0.3 is 0 Å². The number of halogens is 1. The van der Waals surface area contributed by atoms with E-state index in [1.54, 1.807) is 0 Å². The SMILES string of the molecule is Cc1ccc(C(C)C)cc1OC(C)C(=O)NCCC1CCNC1.Cl. The predicted octanol–water partition coefficient (Wildman–Crippen LogP) is 3.42. The quantitative estimate of drug-likeness (QED) is 0.788. The molecule has 4 nitrogen and oxygen atoms in total. The molecule has 0 radical (unpaired) electrons. The van der Waals surface area contributed by atoms with Gasteiger partial charge in [0, 0.05) is 6.54 Å². The number of nitrogens with one attached hydrogen (secondary N) is 2. The van der Waals surface area contributed by atoms with Crippen LogP contribution in [0, 0.1) is 12.8 Å². The predicted molar refractivity (Wildman–Crippen MR) is 101 cm³/mol. The first-order chi connectivity index (χ1) is 11.0. The van der Waals surface area contributed by atoms with E-state index in [0.29, 0.717) is 11.8 Å². The summed E-state index contributed by atoms with van der Waals surface area (Å²) in [5.74, 6) is 1.91. The number of hydrogen-bond acceptors (Lipinski definition) is 3. The number of hydrogen-bond donors (Lipinski definition) is 2. The number of ether oxygens (including phenoxy) is 1. The summed E-state index contributed by atoms with van der Waals surface area (Å²) in [6.07, 6.45) is 1.77. The molecule has 1 heterocycles. The van der Waals surface area contributed by atoms with E-state index in [4.69, 9.17) is 4.74 Å². The summed E-state index contributed by atoms with van der Waals surface area (Å²) in [4.78, 5) is 12.2. The average Bonchev–Trinajstić information content (AvgIpc) is 3.02. The van der Waals surface area contributed by atoms with Crippen molar-refractivity contribution in [3.63, 3.8) is 0 Å². The van der Waals surface area contributed by atoms with Crippen LogP contribution in [0.5, 0.6) is 5.75 Å². The first-order valence-corrected chi connectivity index (χ1v) is 8.73. The lowest BCUT2D eigenvalue weighted by molar-refractivity contribution is -0.127. The second-order valence-corrected chi connectivity index (χ2v) is 6.88. The van der Waals surface area contributed by atoms with E-state index in [9.17, 15) is 4.79 Å². The third-order valence-corrected chi connectivity index (χ3v) is 4.57. The molecule has 5 heteroatoms. The van der Waals surface area contributed by atoms with Gasteiger partial charge in [-0.3, -0.25) is 4.79 Å². The van der Waals surface area contributed by atoms with Crippen LogP contribution in [-0.2, 0) is 4.79 Å². The van der Waals surface area contributed by atoms with E-state index in [1.165, 1.54) is 12.0 Å². The lowest BCUT2D eigenvalue weighted by Crippen LogP contribution is -2.37. The number of aryl methyl sites for hydroxylation is 1. The summed E-state index contributed by atoms with van der Waals surface area (Å²) in [5, 5.41) is 6.34. The summed E-state index contributed by atoms with van der Waals surface area (Å²) < 4.78 is 5.90. The summed E-state index contributed by atoms with van der Waals surface area (Å²) in [6.45, 7) is 11.0. The second-order valence-electron chi connectivity index (χ2n) is 6.88. The minimum Gasteiger partial charge on any atom is -0.481 e. The number of benzene rings is 1. The maximum Gasteiger partial charge on any atom is 0.260 e. The van der Waals surface area contributed by atoms with Gasteiger partial charge in [-0.05, 0) is 68.8 Å². The van der Waals surface area contributed by atoms with Crippen molar-refractivity contribution in [1.29, 1.82) is 0 Å². The van der Waals surface area contributed by atoms with Gasteiger partial charge in [-0.2, -0.15) is 0 Å². The van der Waals surface area contributed by atoms with Gasteiger partial charge in [0.15, 0.2) is 6.10 Å². The molecule has 0 saturated carbocycles. The van der Waals surface area contributed by atoms with Crippen LogP contribution in [0.2, 0.25) is 0 Å². The smallest absolute Gasteiger partial charge is 0.260 e. The fourth-order valence-electron chi connectivity index (χ4n) is 2.85. The molecule has 1 aliphatic heterocycles. The fourth-order valence-corrected chi connectivity index (χ4v) is 2.85. The molecule has 1 aromatic rings. The first-order valence-electron chi connectivity index (χ1n) is 8.73. The highest BCUT2D eigenvalue weighted by atomic mass is 35.5. The molecule has 1 aromatic carbocycles. The molecule has 2 N–H and O–H groups in total. The highest BCUT2D eigenvalue weighted by molar-refractivity contribution is 5.85. The molecule has 24 heavy (non-hydrogen) atoms. The van der Waals surface area contributed by atoms with Crippen LogP contribution >= 0.6 is 12.4 Å². The molecule has 0 aromatic heterocycles. The first kappa shape index (κ1) is 20.8. The lowest BCUT2D eigenvalue weighted by atomic mass is 10.0. The van der Waals surface area contributed by atoms with Crippen LogP contribution in [0.4, 0.5) is 0 Å². The van der Waals surface area contributed by atoms with Crippen LogP contribution in [0.3, 0.4) is 0 Å². The normalized spacial score (nSPS) is 18.1. The van der Waals surface area contributed by atoms with Gasteiger partial charge in [-0.15, -0.1) is 12.4 Å². The molecule has 1 saturated heterocycles. The Balaban J connectivity index is 0.00000288. The summed E-state index contributed by atoms with van der Waals surface area (Å²) in [6, 6.07) is 6.23. The largest absolute Gasteiger partial charge is 0.481 e. The highest BCUT2D eigenvalue weighted by Crippen LogP contribution is 2.25. The van der Waals surface area contributed by atoms with Crippen molar-refractivity contribution in [2.75, 3.05) is 19.6 Å². The zero-order valence-electron chi connectivity index (χ0n) is 15.2. The van der Waals surface area contributed by atoms with Crippen LogP contribution in [0.25, 0.3) is 0 Å². The van der Waals surface area contributed by atoms with Gasteiger partial charge in [-0.1, -0.05) is 26.0 Å². The Morgan fingerprint density at radius 3 is 2.75 bits per heavy atom. The van der Waals surface area contributed by atoms with Gasteiger partial charge in [0.25, 0.3) is 5.91 Å². The number of rotatable bonds is 7. The standard InChI is InChI=1S/C19H30N2O2.ClH/c1-13(2)17-6-5-14(3)18(11-17)23-15(4)19(22)21-10-8-16-7-9-20-12-16;/h5-6,11,13,15-16,20H,7-10,12H2,1-4H3,(H,21,22);1H. The lowest BCUT2D eigenvalue weighted by Gasteiger charge is -2.18. The van der Waals surface area contributed by atoms with E-state index >= 15 is 0 Å². The fraction of sp³-hybridized carbons (Fsp3) is 0.632. The van der Waals surface area contributed by atoms with Gasteiger partial charge in [0.2, 0.25) is 0 Å². The molecule has 2 rings (SSSR count). The molecular formula is C19H31ClN2O2. The Kier molecular flexibility index (Phi) is 8.57. The molecule has 2 atom stereocenters. The number of carbonyl (C=O) groups excluding carboxylic acids is 1. The maximum atomic E-state index is 12.2. The Morgan fingerprint density at radius 2 is 2.12 bits per heavy atom. The van der Waals surface area contributed by atoms with E-state index in [1.807, 2.05) is 19.9 Å². The zero-order valence-corrected chi connectivity index (χ0v) is 16.0. The molecule has 1 fully saturated rings. The molecule has 0 aliphatic carbocycles. The van der Waals surface area contributed by atoms with Crippen molar-refractivity contribution in [3.05, 3.63) is 29.3 Å². The summed E-state index contributed by atoms with van der Waals surface area (Å²) >= 11 is 0. The molecule has 0 spiro atoms. The minimum atomic E-state index is -0.474. The van der Waals surface area contributed by atoms with Crippen molar-refractivity contribution in [2.24, 2.45) is 5.92 Å². The van der Waals surface area contributed by atoms with E-state index in [2.05, 4.69) is 36.6 Å². The van der Waals surface area contributed by atoms with Crippen LogP contribution < -0.4 is 15.4 Å². The van der Waals surface area contributed by atoms with Gasteiger partial charge in [-0.25, -0.2) is 0 Å². The van der Waals surface area contributed by atoms with E-state index in [0.717, 1.165) is 37.4 Å². The van der Waals surface area contributed by atoms with Crippen LogP contribution in [-0.4, -0.2) is 31.6 Å². The van der Waals surface area contributed by atoms with E-state index in [-0.39, 0.29) is 18.3 Å². The molecular weight excluding hydrogens is 324 g/mol. The minimum absolute atomic E-state index is 0. The molecule has 2 unspecified atom stereocenters. The molecule has 1 aliphatic rings. The van der Waals surface area contributed by atoms with Crippen molar-refractivity contribution >= 4 is 18.3 Å². The summed E-state index contributed by atoms with van der Waals surface area (Å²) in [7, 11) is 0. The van der Waals surface area contributed by atoms with Crippen LogP contribution in [0.15, 0.2) is 18.2 Å². The van der Waals surface area contributed by atoms with E-state index < -0.39 is 6.10 Å². The third-order valence-electron chi connectivity index (χ3n) is 4.57. The molecule has 0 bridgehead atoms. The average molecular weight is 355 g/mol. The zero-order chi connectivity index (χ0) is 16.8. The van der Waals surface area contributed by atoms with Crippen molar-refractivity contribution in [3.8, 4) is 5.75 Å². The Hall–Kier alpha value is -1.26. The number of amides is 1. The van der Waals surface area contributed by atoms with Crippen molar-refractivity contribution in [1.82, 2.24) is 10.6 Å². The molecule has 1 amide bonds. The van der Waals surface area contributed by atoms with Crippen LogP contribution in [0.1, 0.15) is 50.7 Å². The Bertz CT molecular complexity index is 528. The molecule has 136 valence electrons. The number of carbonyl (C=O) groups is 1. The van der Waals surface area contributed by atoms with Gasteiger partial charge in [0.1, 0.15) is 5.75 Å². The second kappa shape index (κ2) is 9.90. The maximum absolute atomic E-state index is 12.2. The van der Waals surface area contributed by atoms with Gasteiger partial charge in [0.05, 0.1) is 0 Å². The highest BCUT2D eigenvalue weighted by Gasteiger charge is 2.18. The monoisotopic (exact) mass is 354 g/mol. The third kappa shape index (κ3) is 5.99.